The van der Waals surface area contributed by atoms with Gasteiger partial charge in [-0.15, -0.1) is 11.3 Å². The summed E-state index contributed by atoms with van der Waals surface area (Å²) in [5.41, 5.74) is 3.43. The van der Waals surface area contributed by atoms with Crippen molar-refractivity contribution in [1.29, 1.82) is 0 Å². The standard InChI is InChI=1S/C32H31FN10O2S/c1-40-19-36-29(39-40)26-16-35-30(46-26)20-6-10-42(11-7-20)27(44)17-41-12-8-32(18-41)9-13-43(31(32)45)22-3-5-24-23(14-22)28(38-37-24)25-4-2-21(33)15-34-25/h2-6,14-16,19H,7-13,17-18H2,1H3,(H,37,38)/t32-/m0/s1. The van der Waals surface area contributed by atoms with Crippen LogP contribution < -0.4 is 4.90 Å². The number of likely N-dealkylation sites (tertiary alicyclic amines) is 1. The topological polar surface area (TPSA) is 129 Å². The molecule has 0 radical (unpaired) electrons. The molecule has 5 aromatic rings. The average Bonchev–Trinajstić information content (AvgIpc) is 3.91. The number of nitrogens with zero attached hydrogens (tertiary/aromatic N) is 9. The van der Waals surface area contributed by atoms with E-state index in [0.717, 1.165) is 51.3 Å². The fourth-order valence-electron chi connectivity index (χ4n) is 6.78. The molecule has 3 aliphatic rings. The minimum absolute atomic E-state index is 0.0829. The van der Waals surface area contributed by atoms with Crippen LogP contribution in [0.5, 0.6) is 0 Å². The second-order valence-electron chi connectivity index (χ2n) is 12.2. The molecule has 4 aromatic heterocycles. The maximum atomic E-state index is 13.9. The van der Waals surface area contributed by atoms with Crippen molar-refractivity contribution in [3.8, 4) is 22.1 Å². The number of aryl methyl sites for hydroxylation is 1. The number of aromatic amines is 1. The molecule has 46 heavy (non-hydrogen) atoms. The van der Waals surface area contributed by atoms with E-state index >= 15 is 0 Å². The number of fused-ring (bicyclic) bond motifs is 1. The SMILES string of the molecule is Cn1cnc(-c2cnc(C3=CCN(C(=O)CN4CC[C@]5(CCN(c6ccc7[nH]nc(-c8ccc(F)cn8)c7c6)C5=O)C4)CC3)s2)n1. The molecule has 2 amide bonds. The highest BCUT2D eigenvalue weighted by atomic mass is 32.1. The van der Waals surface area contributed by atoms with Crippen molar-refractivity contribution in [3.05, 3.63) is 66.0 Å². The summed E-state index contributed by atoms with van der Waals surface area (Å²) in [5, 5.41) is 13.5. The Morgan fingerprint density at radius 2 is 1.98 bits per heavy atom. The average molecular weight is 639 g/mol. The Balaban J connectivity index is 0.903. The molecule has 2 saturated heterocycles. The molecule has 1 spiro atoms. The van der Waals surface area contributed by atoms with Gasteiger partial charge >= 0.3 is 0 Å². The largest absolute Gasteiger partial charge is 0.338 e. The third kappa shape index (κ3) is 5.07. The number of hydrogen-bond donors (Lipinski definition) is 1. The molecular formula is C32H31FN10O2S. The molecule has 12 nitrogen and oxygen atoms in total. The zero-order chi connectivity index (χ0) is 31.4. The maximum absolute atomic E-state index is 13.9. The Morgan fingerprint density at radius 1 is 1.09 bits per heavy atom. The Morgan fingerprint density at radius 3 is 2.76 bits per heavy atom. The lowest BCUT2D eigenvalue weighted by atomic mass is 9.85. The predicted octanol–water partition coefficient (Wildman–Crippen LogP) is 3.76. The molecule has 1 aromatic carbocycles. The van der Waals surface area contributed by atoms with Crippen LogP contribution in [-0.2, 0) is 16.6 Å². The minimum atomic E-state index is -0.493. The van der Waals surface area contributed by atoms with Gasteiger partial charge in [-0.05, 0) is 61.7 Å². The van der Waals surface area contributed by atoms with Crippen molar-refractivity contribution in [3.63, 3.8) is 0 Å². The third-order valence-electron chi connectivity index (χ3n) is 9.29. The van der Waals surface area contributed by atoms with Gasteiger partial charge in [0.25, 0.3) is 0 Å². The molecule has 14 heteroatoms. The normalized spacial score (nSPS) is 20.4. The van der Waals surface area contributed by atoms with E-state index in [-0.39, 0.29) is 11.8 Å². The molecule has 1 N–H and O–H groups in total. The molecule has 1 atom stereocenters. The number of nitrogens with one attached hydrogen (secondary N) is 1. The van der Waals surface area contributed by atoms with Crippen molar-refractivity contribution in [1.82, 2.24) is 44.7 Å². The first-order chi connectivity index (χ1) is 22.3. The van der Waals surface area contributed by atoms with Gasteiger partial charge in [-0.1, -0.05) is 6.08 Å². The van der Waals surface area contributed by atoms with E-state index < -0.39 is 11.2 Å². The number of hydrogen-bond acceptors (Lipinski definition) is 9. The Labute approximate surface area is 267 Å². The summed E-state index contributed by atoms with van der Waals surface area (Å²) in [6.07, 6.45) is 8.96. The van der Waals surface area contributed by atoms with E-state index in [4.69, 9.17) is 0 Å². The zero-order valence-electron chi connectivity index (χ0n) is 25.2. The molecule has 0 unspecified atom stereocenters. The minimum Gasteiger partial charge on any atom is -0.338 e. The molecule has 7 heterocycles. The van der Waals surface area contributed by atoms with Crippen molar-refractivity contribution in [2.75, 3.05) is 44.2 Å². The van der Waals surface area contributed by atoms with E-state index in [1.165, 1.54) is 12.3 Å². The number of carbonyl (C=O) groups excluding carboxylic acids is 2. The van der Waals surface area contributed by atoms with E-state index in [2.05, 4.69) is 41.2 Å². The summed E-state index contributed by atoms with van der Waals surface area (Å²) in [6, 6.07) is 8.74. The molecule has 234 valence electrons. The summed E-state index contributed by atoms with van der Waals surface area (Å²) in [4.78, 5) is 47.1. The molecule has 3 aliphatic heterocycles. The molecule has 0 aliphatic carbocycles. The molecular weight excluding hydrogens is 607 g/mol. The number of carbonyl (C=O) groups is 2. The van der Waals surface area contributed by atoms with Crippen LogP contribution in [0.3, 0.4) is 0 Å². The summed E-state index contributed by atoms with van der Waals surface area (Å²) >= 11 is 1.57. The Kier molecular flexibility index (Phi) is 6.98. The highest BCUT2D eigenvalue weighted by Crippen LogP contribution is 2.43. The van der Waals surface area contributed by atoms with Gasteiger partial charge in [0.05, 0.1) is 34.2 Å². The molecule has 8 rings (SSSR count). The molecule has 2 fully saturated rings. The number of pyridine rings is 1. The van der Waals surface area contributed by atoms with Crippen LogP contribution in [0.2, 0.25) is 0 Å². The summed E-state index contributed by atoms with van der Waals surface area (Å²) in [5.74, 6) is 0.437. The predicted molar refractivity (Wildman–Crippen MR) is 171 cm³/mol. The van der Waals surface area contributed by atoms with Gasteiger partial charge in [0.15, 0.2) is 5.82 Å². The van der Waals surface area contributed by atoms with Crippen LogP contribution >= 0.6 is 11.3 Å². The van der Waals surface area contributed by atoms with E-state index in [0.29, 0.717) is 56.5 Å². The number of rotatable bonds is 6. The van der Waals surface area contributed by atoms with Gasteiger partial charge < -0.3 is 9.80 Å². The maximum Gasteiger partial charge on any atom is 0.237 e. The van der Waals surface area contributed by atoms with Crippen LogP contribution in [-0.4, -0.2) is 95.8 Å². The number of amides is 2. The number of H-pyrrole nitrogens is 1. The third-order valence-corrected chi connectivity index (χ3v) is 10.4. The van der Waals surface area contributed by atoms with E-state index in [1.807, 2.05) is 35.0 Å². The first kappa shape index (κ1) is 28.6. The second-order valence-corrected chi connectivity index (χ2v) is 13.2. The number of thiazole rings is 1. The first-order valence-corrected chi connectivity index (χ1v) is 16.1. The highest BCUT2D eigenvalue weighted by Gasteiger charge is 2.51. The van der Waals surface area contributed by atoms with E-state index in [9.17, 15) is 14.0 Å². The number of aromatic nitrogens is 7. The lowest BCUT2D eigenvalue weighted by Gasteiger charge is -2.28. The lowest BCUT2D eigenvalue weighted by molar-refractivity contribution is -0.132. The Hall–Kier alpha value is -4.82. The quantitative estimate of drug-likeness (QED) is 0.298. The lowest BCUT2D eigenvalue weighted by Crippen LogP contribution is -2.43. The first-order valence-electron chi connectivity index (χ1n) is 15.3. The van der Waals surface area contributed by atoms with Crippen molar-refractivity contribution < 1.29 is 14.0 Å². The number of anilines is 1. The van der Waals surface area contributed by atoms with Gasteiger partial charge in [0.2, 0.25) is 11.8 Å². The van der Waals surface area contributed by atoms with Crippen molar-refractivity contribution in [2.45, 2.75) is 19.3 Å². The summed E-state index contributed by atoms with van der Waals surface area (Å²) < 4.78 is 15.1. The summed E-state index contributed by atoms with van der Waals surface area (Å²) in [6.45, 7) is 3.39. The van der Waals surface area contributed by atoms with Crippen molar-refractivity contribution >= 4 is 45.3 Å². The van der Waals surface area contributed by atoms with Crippen LogP contribution in [0, 0.1) is 11.2 Å². The van der Waals surface area contributed by atoms with Crippen molar-refractivity contribution in [2.24, 2.45) is 12.5 Å². The van der Waals surface area contributed by atoms with Crippen LogP contribution in [0.1, 0.15) is 24.3 Å². The fraction of sp³-hybridized carbons (Fsp3) is 0.344. The smallest absolute Gasteiger partial charge is 0.237 e. The summed E-state index contributed by atoms with van der Waals surface area (Å²) in [7, 11) is 1.84. The zero-order valence-corrected chi connectivity index (χ0v) is 26.0. The van der Waals surface area contributed by atoms with Gasteiger partial charge in [0.1, 0.15) is 22.8 Å². The highest BCUT2D eigenvalue weighted by molar-refractivity contribution is 7.16. The van der Waals surface area contributed by atoms with Crippen LogP contribution in [0.4, 0.5) is 10.1 Å². The molecule has 0 bridgehead atoms. The van der Waals surface area contributed by atoms with Gasteiger partial charge in [-0.3, -0.25) is 29.3 Å². The van der Waals surface area contributed by atoms with Gasteiger partial charge in [0, 0.05) is 50.5 Å². The fourth-order valence-corrected chi connectivity index (χ4v) is 7.70. The molecule has 0 saturated carbocycles. The number of halogens is 1. The van der Waals surface area contributed by atoms with Gasteiger partial charge in [-0.2, -0.15) is 10.2 Å². The number of benzene rings is 1. The monoisotopic (exact) mass is 638 g/mol. The second kappa shape index (κ2) is 11.2. The van der Waals surface area contributed by atoms with E-state index in [1.54, 1.807) is 34.6 Å². The van der Waals surface area contributed by atoms with Gasteiger partial charge in [-0.25, -0.2) is 14.4 Å². The van der Waals surface area contributed by atoms with Crippen LogP contribution in [0.25, 0.3) is 38.6 Å². The Bertz CT molecular complexity index is 2000. The van der Waals surface area contributed by atoms with Crippen LogP contribution in [0.15, 0.2) is 55.1 Å².